The zero-order chi connectivity index (χ0) is 14.2. The first-order chi connectivity index (χ1) is 8.22. The molecular weight excluding hydrogens is 272 g/mol. The summed E-state index contributed by atoms with van der Waals surface area (Å²) in [5, 5.41) is 0. The van der Waals surface area contributed by atoms with Crippen LogP contribution in [0, 0.1) is 0 Å². The number of hydrogen-bond acceptors (Lipinski definition) is 4. The highest BCUT2D eigenvalue weighted by Gasteiger charge is 2.24. The largest absolute Gasteiger partial charge is 0.299 e. The van der Waals surface area contributed by atoms with E-state index in [0.29, 0.717) is 12.8 Å². The van der Waals surface area contributed by atoms with Crippen LogP contribution in [0.15, 0.2) is 0 Å². The van der Waals surface area contributed by atoms with E-state index in [1.807, 2.05) is 13.8 Å². The maximum absolute atomic E-state index is 11.7. The number of Topliss-reactive ketones (excluding diaryl/α,β-unsaturated/α-hetero) is 1. The summed E-state index contributed by atoms with van der Waals surface area (Å²) in [6.07, 6.45) is 7.23. The topological polar surface area (TPSA) is 60.4 Å². The monoisotopic (exact) mass is 298 g/mol. The number of ketones is 1. The summed E-state index contributed by atoms with van der Waals surface area (Å²) >= 11 is 0. The average Bonchev–Trinajstić information content (AvgIpc) is 2.21. The van der Waals surface area contributed by atoms with Crippen molar-refractivity contribution in [3.05, 3.63) is 0 Å². The maximum Gasteiger partial charge on any atom is 0.276 e. The lowest BCUT2D eigenvalue weighted by Gasteiger charge is -2.29. The fourth-order valence-corrected chi connectivity index (χ4v) is 5.77. The Kier molecular flexibility index (Phi) is 8.14. The molecule has 0 aliphatic heterocycles. The predicted molar refractivity (Wildman–Crippen MR) is 78.6 cm³/mol. The van der Waals surface area contributed by atoms with Crippen molar-refractivity contribution in [3.8, 4) is 0 Å². The van der Waals surface area contributed by atoms with Crippen molar-refractivity contribution in [2.45, 2.75) is 46.0 Å². The van der Waals surface area contributed by atoms with Gasteiger partial charge in [0.1, 0.15) is 5.78 Å². The van der Waals surface area contributed by atoms with E-state index in [9.17, 15) is 13.2 Å². The Hall–Kier alpha value is -0.0700. The van der Waals surface area contributed by atoms with Crippen LogP contribution in [0.3, 0.4) is 0 Å². The molecule has 0 bridgehead atoms. The van der Waals surface area contributed by atoms with Gasteiger partial charge in [-0.2, -0.15) is 8.42 Å². The molecule has 0 saturated carbocycles. The molecule has 0 heterocycles. The zero-order valence-corrected chi connectivity index (χ0v) is 13.5. The number of hydrogen-bond donors (Lipinski definition) is 0. The minimum Gasteiger partial charge on any atom is -0.299 e. The minimum absolute atomic E-state index is 0.0447. The Morgan fingerprint density at radius 2 is 1.61 bits per heavy atom. The van der Waals surface area contributed by atoms with E-state index in [0.717, 1.165) is 19.3 Å². The van der Waals surface area contributed by atoms with E-state index in [-0.39, 0.29) is 17.3 Å². The normalized spacial score (nSPS) is 13.6. The molecule has 0 aromatic heterocycles. The highest BCUT2D eigenvalue weighted by atomic mass is 32.3. The third-order valence-electron chi connectivity index (χ3n) is 2.35. The first-order valence-corrected chi connectivity index (χ1v) is 10.5. The van der Waals surface area contributed by atoms with Gasteiger partial charge in [-0.15, -0.1) is 10.3 Å². The van der Waals surface area contributed by atoms with Crippen LogP contribution >= 0.6 is 10.3 Å². The van der Waals surface area contributed by atoms with Crippen molar-refractivity contribution >= 4 is 26.2 Å². The van der Waals surface area contributed by atoms with Gasteiger partial charge in [0, 0.05) is 6.42 Å². The van der Waals surface area contributed by atoms with Crippen molar-refractivity contribution in [1.29, 1.82) is 0 Å². The van der Waals surface area contributed by atoms with Gasteiger partial charge in [0.25, 0.3) is 10.1 Å². The lowest BCUT2D eigenvalue weighted by molar-refractivity contribution is -0.116. The van der Waals surface area contributed by atoms with Crippen molar-refractivity contribution < 1.29 is 16.8 Å². The molecule has 0 aromatic rings. The van der Waals surface area contributed by atoms with Crippen LogP contribution in [0.4, 0.5) is 0 Å². The van der Waals surface area contributed by atoms with Gasteiger partial charge in [-0.1, -0.05) is 26.7 Å². The van der Waals surface area contributed by atoms with Gasteiger partial charge >= 0.3 is 0 Å². The highest BCUT2D eigenvalue weighted by Crippen LogP contribution is 2.43. The fourth-order valence-electron chi connectivity index (χ4n) is 1.49. The van der Waals surface area contributed by atoms with Gasteiger partial charge in [-0.25, -0.2) is 3.63 Å². The molecule has 0 atom stereocenters. The summed E-state index contributed by atoms with van der Waals surface area (Å²) in [5.41, 5.74) is 0. The highest BCUT2D eigenvalue weighted by molar-refractivity contribution is 8.32. The lowest BCUT2D eigenvalue weighted by atomic mass is 10.2. The molecule has 0 saturated heterocycles. The number of carbonyl (C=O) groups is 1. The van der Waals surface area contributed by atoms with Crippen molar-refractivity contribution in [2.24, 2.45) is 0 Å². The van der Waals surface area contributed by atoms with E-state index in [2.05, 4.69) is 0 Å². The van der Waals surface area contributed by atoms with Crippen LogP contribution in [-0.4, -0.2) is 38.2 Å². The molecule has 0 radical (unpaired) electrons. The zero-order valence-electron chi connectivity index (χ0n) is 11.9. The Morgan fingerprint density at radius 1 is 1.06 bits per heavy atom. The van der Waals surface area contributed by atoms with Gasteiger partial charge < -0.3 is 0 Å². The standard InChI is InChI=1S/C12H26O4S2/c1-5-7-9-12(13)11-17(3,4)16-18(14,15)10-8-6-2/h5-11H2,1-4H3. The average molecular weight is 298 g/mol. The Bertz CT molecular complexity index is 347. The maximum atomic E-state index is 11.7. The number of unbranched alkanes of at least 4 members (excludes halogenated alkanes) is 2. The molecule has 4 nitrogen and oxygen atoms in total. The first-order valence-electron chi connectivity index (χ1n) is 6.39. The third-order valence-corrected chi connectivity index (χ3v) is 6.46. The van der Waals surface area contributed by atoms with Crippen molar-refractivity contribution in [1.82, 2.24) is 0 Å². The van der Waals surface area contributed by atoms with Gasteiger partial charge in [-0.05, 0) is 25.4 Å². The number of carbonyl (C=O) groups excluding carboxylic acids is 1. The molecular formula is C12H26O4S2. The van der Waals surface area contributed by atoms with E-state index in [1.54, 1.807) is 12.5 Å². The van der Waals surface area contributed by atoms with Crippen LogP contribution < -0.4 is 0 Å². The van der Waals surface area contributed by atoms with Gasteiger partial charge in [-0.3, -0.25) is 4.79 Å². The molecule has 0 amide bonds. The van der Waals surface area contributed by atoms with E-state index >= 15 is 0 Å². The summed E-state index contributed by atoms with van der Waals surface area (Å²) in [7, 11) is -5.32. The molecule has 110 valence electrons. The summed E-state index contributed by atoms with van der Waals surface area (Å²) in [5.74, 6) is 0.379. The summed E-state index contributed by atoms with van der Waals surface area (Å²) in [4.78, 5) is 11.7. The van der Waals surface area contributed by atoms with E-state index in [4.69, 9.17) is 3.63 Å². The Balaban J connectivity index is 4.33. The van der Waals surface area contributed by atoms with Crippen LogP contribution in [0.5, 0.6) is 0 Å². The molecule has 0 N–H and O–H groups in total. The van der Waals surface area contributed by atoms with Gasteiger partial charge in [0.2, 0.25) is 0 Å². The third kappa shape index (κ3) is 8.94. The molecule has 0 aliphatic rings. The molecule has 0 unspecified atom stereocenters. The van der Waals surface area contributed by atoms with Crippen LogP contribution in [0.1, 0.15) is 46.0 Å². The molecule has 0 fully saturated rings. The second-order valence-corrected chi connectivity index (χ2v) is 10.1. The number of rotatable bonds is 10. The molecule has 0 aromatic carbocycles. The van der Waals surface area contributed by atoms with Crippen molar-refractivity contribution in [3.63, 3.8) is 0 Å². The second-order valence-electron chi connectivity index (χ2n) is 4.91. The summed E-state index contributed by atoms with van der Waals surface area (Å²) in [6, 6.07) is 0. The molecule has 18 heavy (non-hydrogen) atoms. The summed E-state index contributed by atoms with van der Waals surface area (Å²) < 4.78 is 28.6. The Labute approximate surface area is 113 Å². The second kappa shape index (κ2) is 8.17. The minimum atomic E-state index is -3.48. The fraction of sp³-hybridized carbons (Fsp3) is 0.917. The van der Waals surface area contributed by atoms with Crippen LogP contribution in [0.25, 0.3) is 0 Å². The Morgan fingerprint density at radius 3 is 2.11 bits per heavy atom. The van der Waals surface area contributed by atoms with Gasteiger partial charge in [0.15, 0.2) is 0 Å². The molecule has 0 rings (SSSR count). The quantitative estimate of drug-likeness (QED) is 0.622. The molecule has 0 spiro atoms. The van der Waals surface area contributed by atoms with E-state index in [1.165, 1.54) is 0 Å². The summed E-state index contributed by atoms with van der Waals surface area (Å²) in [6.45, 7) is 3.96. The first kappa shape index (κ1) is 17.9. The van der Waals surface area contributed by atoms with E-state index < -0.39 is 20.4 Å². The van der Waals surface area contributed by atoms with Crippen LogP contribution in [0.2, 0.25) is 0 Å². The molecule has 0 aliphatic carbocycles. The van der Waals surface area contributed by atoms with Crippen molar-refractivity contribution in [2.75, 3.05) is 24.0 Å². The molecule has 6 heteroatoms. The van der Waals surface area contributed by atoms with Crippen LogP contribution in [-0.2, 0) is 18.5 Å². The lowest BCUT2D eigenvalue weighted by Crippen LogP contribution is -2.19. The SMILES string of the molecule is CCCCC(=O)CS(C)(C)OS(=O)(=O)CCCC. The smallest absolute Gasteiger partial charge is 0.276 e. The van der Waals surface area contributed by atoms with Gasteiger partial charge in [0.05, 0.1) is 11.5 Å². The predicted octanol–water partition coefficient (Wildman–Crippen LogP) is 2.87.